The maximum atomic E-state index is 4.45. The predicted molar refractivity (Wildman–Crippen MR) is 69.3 cm³/mol. The van der Waals surface area contributed by atoms with E-state index in [9.17, 15) is 0 Å². The maximum Gasteiger partial charge on any atom is 0.113 e. The van der Waals surface area contributed by atoms with Gasteiger partial charge in [-0.1, -0.05) is 12.1 Å². The third kappa shape index (κ3) is 1.82. The van der Waals surface area contributed by atoms with E-state index in [1.807, 2.05) is 6.20 Å². The minimum absolute atomic E-state index is 0.936. The van der Waals surface area contributed by atoms with Gasteiger partial charge < -0.3 is 9.88 Å². The number of fused-ring (bicyclic) bond motifs is 1. The molecule has 3 heteroatoms. The first-order chi connectivity index (χ1) is 8.38. The first-order valence-corrected chi connectivity index (χ1v) is 6.23. The Hall–Kier alpha value is -1.77. The lowest BCUT2D eigenvalue weighted by Gasteiger charge is -2.09. The van der Waals surface area contributed by atoms with Crippen LogP contribution in [0, 0.1) is 0 Å². The monoisotopic (exact) mass is 227 g/mol. The van der Waals surface area contributed by atoms with Crippen molar-refractivity contribution in [3.05, 3.63) is 47.5 Å². The van der Waals surface area contributed by atoms with Crippen LogP contribution in [0.2, 0.25) is 0 Å². The average molecular weight is 227 g/mol. The molecule has 0 aliphatic carbocycles. The number of benzene rings is 1. The molecule has 17 heavy (non-hydrogen) atoms. The molecule has 0 unspecified atom stereocenters. The molecule has 2 aromatic rings. The van der Waals surface area contributed by atoms with E-state index in [0.717, 1.165) is 31.8 Å². The highest BCUT2D eigenvalue weighted by atomic mass is 15.0. The molecule has 0 fully saturated rings. The lowest BCUT2D eigenvalue weighted by Crippen LogP contribution is -2.03. The van der Waals surface area contributed by atoms with E-state index in [1.54, 1.807) is 0 Å². The van der Waals surface area contributed by atoms with Gasteiger partial charge in [-0.2, -0.15) is 0 Å². The Morgan fingerprint density at radius 1 is 1.41 bits per heavy atom. The van der Waals surface area contributed by atoms with Crippen molar-refractivity contribution in [3.63, 3.8) is 0 Å². The zero-order chi connectivity index (χ0) is 11.7. The summed E-state index contributed by atoms with van der Waals surface area (Å²) >= 11 is 0. The molecule has 0 spiro atoms. The molecule has 1 aliphatic rings. The zero-order valence-corrected chi connectivity index (χ0v) is 10.1. The first kappa shape index (κ1) is 10.4. The highest BCUT2D eigenvalue weighted by Gasteiger charge is 2.14. The molecule has 2 heterocycles. The van der Waals surface area contributed by atoms with Crippen molar-refractivity contribution in [2.75, 3.05) is 11.9 Å². The van der Waals surface area contributed by atoms with Gasteiger partial charge in [0.05, 0.1) is 0 Å². The number of imidazole rings is 1. The van der Waals surface area contributed by atoms with Crippen LogP contribution >= 0.6 is 0 Å². The first-order valence-electron chi connectivity index (χ1n) is 6.23. The van der Waals surface area contributed by atoms with Crippen molar-refractivity contribution in [1.82, 2.24) is 9.55 Å². The van der Waals surface area contributed by atoms with Gasteiger partial charge in [-0.25, -0.2) is 4.98 Å². The normalized spacial score (nSPS) is 13.5. The van der Waals surface area contributed by atoms with Crippen molar-refractivity contribution >= 4 is 5.69 Å². The summed E-state index contributed by atoms with van der Waals surface area (Å²) in [6.45, 7) is 4.21. The summed E-state index contributed by atoms with van der Waals surface area (Å²) in [5, 5.41) is 3.42. The lowest BCUT2D eigenvalue weighted by atomic mass is 10.0. The summed E-state index contributed by atoms with van der Waals surface area (Å²) in [4.78, 5) is 4.45. The number of nitrogens with one attached hydrogen (secondary N) is 1. The largest absolute Gasteiger partial charge is 0.384 e. The highest BCUT2D eigenvalue weighted by molar-refractivity contribution is 5.58. The van der Waals surface area contributed by atoms with Gasteiger partial charge in [-0.3, -0.25) is 0 Å². The topological polar surface area (TPSA) is 29.9 Å². The van der Waals surface area contributed by atoms with E-state index < -0.39 is 0 Å². The average Bonchev–Trinajstić information content (AvgIpc) is 2.97. The third-order valence-electron chi connectivity index (χ3n) is 3.45. The molecule has 0 radical (unpaired) electrons. The summed E-state index contributed by atoms with van der Waals surface area (Å²) in [6, 6.07) is 6.52. The van der Waals surface area contributed by atoms with Gasteiger partial charge in [-0.15, -0.1) is 0 Å². The van der Waals surface area contributed by atoms with Crippen LogP contribution in [0.1, 0.15) is 23.9 Å². The predicted octanol–water partition coefficient (Wildman–Crippen LogP) is 2.46. The number of anilines is 1. The molecule has 0 amide bonds. The lowest BCUT2D eigenvalue weighted by molar-refractivity contribution is 0.711. The molecule has 1 aromatic heterocycles. The summed E-state index contributed by atoms with van der Waals surface area (Å²) in [5.41, 5.74) is 4.18. The van der Waals surface area contributed by atoms with Gasteiger partial charge in [0.15, 0.2) is 0 Å². The highest BCUT2D eigenvalue weighted by Crippen LogP contribution is 2.26. The van der Waals surface area contributed by atoms with Gasteiger partial charge in [0.25, 0.3) is 0 Å². The van der Waals surface area contributed by atoms with Crippen molar-refractivity contribution in [2.24, 2.45) is 0 Å². The van der Waals surface area contributed by atoms with E-state index in [4.69, 9.17) is 0 Å². The molecular weight excluding hydrogens is 210 g/mol. The Morgan fingerprint density at radius 2 is 2.35 bits per heavy atom. The third-order valence-corrected chi connectivity index (χ3v) is 3.45. The number of aryl methyl sites for hydroxylation is 1. The minimum atomic E-state index is 0.936. The van der Waals surface area contributed by atoms with Crippen LogP contribution in [0.25, 0.3) is 0 Å². The SMILES string of the molecule is CCn1ccnc1Cc1cccc2c1CCN2. The smallest absolute Gasteiger partial charge is 0.113 e. The zero-order valence-electron chi connectivity index (χ0n) is 10.1. The summed E-state index contributed by atoms with van der Waals surface area (Å²) < 4.78 is 2.21. The van der Waals surface area contributed by atoms with Crippen molar-refractivity contribution < 1.29 is 0 Å². The summed E-state index contributed by atoms with van der Waals surface area (Å²) in [7, 11) is 0. The second-order valence-corrected chi connectivity index (χ2v) is 4.43. The Balaban J connectivity index is 1.93. The van der Waals surface area contributed by atoms with E-state index >= 15 is 0 Å². The Morgan fingerprint density at radius 3 is 3.24 bits per heavy atom. The van der Waals surface area contributed by atoms with Gasteiger partial charge in [-0.05, 0) is 30.5 Å². The number of nitrogens with zero attached hydrogens (tertiary/aromatic N) is 2. The van der Waals surface area contributed by atoms with Gasteiger partial charge in [0, 0.05) is 37.6 Å². The molecule has 3 rings (SSSR count). The Kier molecular flexibility index (Phi) is 2.59. The van der Waals surface area contributed by atoms with Crippen LogP contribution in [-0.4, -0.2) is 16.1 Å². The van der Waals surface area contributed by atoms with Gasteiger partial charge in [0.2, 0.25) is 0 Å². The number of hydrogen-bond donors (Lipinski definition) is 1. The number of aromatic nitrogens is 2. The molecule has 1 N–H and O–H groups in total. The maximum absolute atomic E-state index is 4.45. The second kappa shape index (κ2) is 4.24. The summed E-state index contributed by atoms with van der Waals surface area (Å²) in [5.74, 6) is 1.16. The molecule has 1 aromatic carbocycles. The minimum Gasteiger partial charge on any atom is -0.384 e. The molecule has 0 saturated heterocycles. The molecule has 88 valence electrons. The van der Waals surface area contributed by atoms with Crippen LogP contribution in [0.15, 0.2) is 30.6 Å². The van der Waals surface area contributed by atoms with Crippen LogP contribution in [0.5, 0.6) is 0 Å². The van der Waals surface area contributed by atoms with Crippen LogP contribution in [0.4, 0.5) is 5.69 Å². The van der Waals surface area contributed by atoms with Gasteiger partial charge in [0.1, 0.15) is 5.82 Å². The summed E-state index contributed by atoms with van der Waals surface area (Å²) in [6.07, 6.45) is 6.01. The molecule has 0 atom stereocenters. The standard InChI is InChI=1S/C14H17N3/c1-2-17-9-8-16-14(17)10-11-4-3-5-13-12(11)6-7-15-13/h3-5,8-9,15H,2,6-7,10H2,1H3. The Labute approximate surface area is 101 Å². The molecule has 1 aliphatic heterocycles. The van der Waals surface area contributed by atoms with Crippen LogP contribution in [0.3, 0.4) is 0 Å². The van der Waals surface area contributed by atoms with Crippen molar-refractivity contribution in [3.8, 4) is 0 Å². The van der Waals surface area contributed by atoms with E-state index in [2.05, 4.69) is 46.2 Å². The fourth-order valence-corrected chi connectivity index (χ4v) is 2.55. The second-order valence-electron chi connectivity index (χ2n) is 4.43. The van der Waals surface area contributed by atoms with Gasteiger partial charge >= 0.3 is 0 Å². The molecule has 0 saturated carbocycles. The number of hydrogen-bond acceptors (Lipinski definition) is 2. The quantitative estimate of drug-likeness (QED) is 0.873. The fraction of sp³-hybridized carbons (Fsp3) is 0.357. The van der Waals surface area contributed by atoms with Crippen molar-refractivity contribution in [1.29, 1.82) is 0 Å². The molecular formula is C14H17N3. The number of rotatable bonds is 3. The van der Waals surface area contributed by atoms with E-state index in [0.29, 0.717) is 0 Å². The molecule has 3 nitrogen and oxygen atoms in total. The van der Waals surface area contributed by atoms with E-state index in [-0.39, 0.29) is 0 Å². The fourth-order valence-electron chi connectivity index (χ4n) is 2.55. The molecule has 0 bridgehead atoms. The van der Waals surface area contributed by atoms with E-state index in [1.165, 1.54) is 16.8 Å². The van der Waals surface area contributed by atoms with Crippen LogP contribution in [-0.2, 0) is 19.4 Å². The van der Waals surface area contributed by atoms with Crippen molar-refractivity contribution in [2.45, 2.75) is 26.3 Å². The Bertz CT molecular complexity index is 528. The van der Waals surface area contributed by atoms with Crippen LogP contribution < -0.4 is 5.32 Å².